The highest BCUT2D eigenvalue weighted by molar-refractivity contribution is 6.26. The van der Waals surface area contributed by atoms with Crippen molar-refractivity contribution in [3.8, 4) is 5.75 Å². The summed E-state index contributed by atoms with van der Waals surface area (Å²) in [6.45, 7) is 0.395. The standard InChI is InChI=1S/C20H17ClO3/c1-23-20(22)16-7-8-19-18(11-16)17(10-15(12-21)13-24-19)9-14-5-3-2-4-6-14/h2-8,10-12H,9,13H2,1H3. The average Bonchev–Trinajstić information content (AvgIpc) is 2.81. The molecule has 0 saturated carbocycles. The molecule has 0 radical (unpaired) electrons. The molecule has 2 aromatic carbocycles. The maximum atomic E-state index is 11.9. The number of carbonyl (C=O) groups is 1. The Balaban J connectivity index is 2.07. The van der Waals surface area contributed by atoms with Crippen LogP contribution < -0.4 is 4.74 Å². The Morgan fingerprint density at radius 1 is 1.25 bits per heavy atom. The fraction of sp³-hybridized carbons (Fsp3) is 0.150. The molecule has 0 atom stereocenters. The van der Waals surface area contributed by atoms with Gasteiger partial charge in [0, 0.05) is 16.7 Å². The average molecular weight is 341 g/mol. The molecule has 0 bridgehead atoms. The molecule has 0 aromatic heterocycles. The lowest BCUT2D eigenvalue weighted by Crippen LogP contribution is -2.04. The maximum absolute atomic E-state index is 11.9. The number of esters is 1. The smallest absolute Gasteiger partial charge is 0.337 e. The van der Waals surface area contributed by atoms with E-state index in [1.54, 1.807) is 12.1 Å². The van der Waals surface area contributed by atoms with E-state index in [1.807, 2.05) is 30.3 Å². The van der Waals surface area contributed by atoms with E-state index in [4.69, 9.17) is 21.1 Å². The summed E-state index contributed by atoms with van der Waals surface area (Å²) in [5, 5.41) is 0. The molecule has 0 saturated heterocycles. The number of benzene rings is 2. The summed E-state index contributed by atoms with van der Waals surface area (Å²) in [6, 6.07) is 15.5. The van der Waals surface area contributed by atoms with E-state index in [0.717, 1.165) is 28.9 Å². The molecule has 0 spiro atoms. The summed E-state index contributed by atoms with van der Waals surface area (Å²) in [6.07, 6.45) is 2.74. The fourth-order valence-corrected chi connectivity index (χ4v) is 2.81. The molecule has 3 nitrogen and oxygen atoms in total. The third kappa shape index (κ3) is 3.52. The van der Waals surface area contributed by atoms with Crippen molar-refractivity contribution in [3.63, 3.8) is 0 Å². The second-order valence-corrected chi connectivity index (χ2v) is 5.73. The van der Waals surface area contributed by atoms with Gasteiger partial charge >= 0.3 is 5.97 Å². The van der Waals surface area contributed by atoms with Crippen LogP contribution in [0, 0.1) is 0 Å². The normalized spacial score (nSPS) is 15.1. The van der Waals surface area contributed by atoms with Crippen LogP contribution in [0.4, 0.5) is 0 Å². The minimum absolute atomic E-state index is 0.366. The van der Waals surface area contributed by atoms with Crippen LogP contribution in [0.1, 0.15) is 21.5 Å². The van der Waals surface area contributed by atoms with Gasteiger partial charge in [-0.25, -0.2) is 4.79 Å². The first-order valence-electron chi connectivity index (χ1n) is 7.60. The second kappa shape index (κ2) is 7.37. The molecule has 122 valence electrons. The Morgan fingerprint density at radius 3 is 2.75 bits per heavy atom. The number of allylic oxidation sites excluding steroid dienone is 1. The van der Waals surface area contributed by atoms with E-state index < -0.39 is 0 Å². The monoisotopic (exact) mass is 340 g/mol. The van der Waals surface area contributed by atoms with Crippen molar-refractivity contribution in [1.82, 2.24) is 0 Å². The van der Waals surface area contributed by atoms with E-state index in [0.29, 0.717) is 12.2 Å². The highest BCUT2D eigenvalue weighted by atomic mass is 35.5. The van der Waals surface area contributed by atoms with Crippen molar-refractivity contribution >= 4 is 23.1 Å². The van der Waals surface area contributed by atoms with Crippen LogP contribution in [0.25, 0.3) is 5.57 Å². The van der Waals surface area contributed by atoms with E-state index >= 15 is 0 Å². The fourth-order valence-electron chi connectivity index (χ4n) is 2.68. The number of halogens is 1. The SMILES string of the molecule is COC(=O)c1ccc2c(c1)C(Cc1ccccc1)=CC(=CCl)CO2. The van der Waals surface area contributed by atoms with E-state index in [1.165, 1.54) is 18.2 Å². The summed E-state index contributed by atoms with van der Waals surface area (Å²) in [7, 11) is 1.37. The molecule has 1 heterocycles. The number of carbonyl (C=O) groups excluding carboxylic acids is 1. The van der Waals surface area contributed by atoms with Gasteiger partial charge in [-0.3, -0.25) is 0 Å². The molecule has 0 N–H and O–H groups in total. The van der Waals surface area contributed by atoms with Crippen molar-refractivity contribution in [2.75, 3.05) is 13.7 Å². The van der Waals surface area contributed by atoms with Crippen molar-refractivity contribution in [1.29, 1.82) is 0 Å². The van der Waals surface area contributed by atoms with Crippen molar-refractivity contribution in [3.05, 3.63) is 82.4 Å². The molecule has 0 aliphatic carbocycles. The predicted octanol–water partition coefficient (Wildman–Crippen LogP) is 4.61. The van der Waals surface area contributed by atoms with E-state index in [-0.39, 0.29) is 5.97 Å². The summed E-state index contributed by atoms with van der Waals surface area (Å²) in [5.74, 6) is 0.368. The molecule has 0 unspecified atom stereocenters. The topological polar surface area (TPSA) is 35.5 Å². The van der Waals surface area contributed by atoms with E-state index in [9.17, 15) is 4.79 Å². The molecular formula is C20H17ClO3. The Labute approximate surface area is 146 Å². The van der Waals surface area contributed by atoms with Gasteiger partial charge in [0.2, 0.25) is 0 Å². The van der Waals surface area contributed by atoms with Gasteiger partial charge < -0.3 is 9.47 Å². The first-order chi connectivity index (χ1) is 11.7. The Bertz CT molecular complexity index is 807. The van der Waals surface area contributed by atoms with Crippen molar-refractivity contribution in [2.24, 2.45) is 0 Å². The summed E-state index contributed by atoms with van der Waals surface area (Å²) in [5.41, 5.74) is 6.02. The molecular weight excluding hydrogens is 324 g/mol. The number of fused-ring (bicyclic) bond motifs is 1. The third-order valence-corrected chi connectivity index (χ3v) is 4.16. The Hall–Kier alpha value is -2.52. The number of methoxy groups -OCH3 is 1. The Morgan fingerprint density at radius 2 is 2.04 bits per heavy atom. The number of ether oxygens (including phenoxy) is 2. The van der Waals surface area contributed by atoms with Gasteiger partial charge in [0.25, 0.3) is 0 Å². The van der Waals surface area contributed by atoms with Crippen LogP contribution in [0.3, 0.4) is 0 Å². The zero-order valence-electron chi connectivity index (χ0n) is 13.3. The number of rotatable bonds is 3. The third-order valence-electron chi connectivity index (χ3n) is 3.88. The zero-order chi connectivity index (χ0) is 16.9. The lowest BCUT2D eigenvalue weighted by atomic mass is 9.95. The predicted molar refractivity (Wildman–Crippen MR) is 95.3 cm³/mol. The molecule has 2 aromatic rings. The van der Waals surface area contributed by atoms with Crippen LogP contribution >= 0.6 is 11.6 Å². The number of hydrogen-bond donors (Lipinski definition) is 0. The Kier molecular flexibility index (Phi) is 5.02. The van der Waals surface area contributed by atoms with E-state index in [2.05, 4.69) is 12.1 Å². The van der Waals surface area contributed by atoms with Crippen LogP contribution in [0.15, 0.2) is 65.7 Å². The maximum Gasteiger partial charge on any atom is 0.337 e. The molecule has 1 aliphatic rings. The molecule has 24 heavy (non-hydrogen) atoms. The first-order valence-corrected chi connectivity index (χ1v) is 8.04. The van der Waals surface area contributed by atoms with Gasteiger partial charge in [0.15, 0.2) is 0 Å². The largest absolute Gasteiger partial charge is 0.488 e. The molecule has 4 heteroatoms. The second-order valence-electron chi connectivity index (χ2n) is 5.51. The number of hydrogen-bond acceptors (Lipinski definition) is 3. The molecule has 0 amide bonds. The van der Waals surface area contributed by atoms with Gasteiger partial charge in [0.1, 0.15) is 12.4 Å². The van der Waals surface area contributed by atoms with Gasteiger partial charge in [-0.2, -0.15) is 0 Å². The lowest BCUT2D eigenvalue weighted by molar-refractivity contribution is 0.0600. The van der Waals surface area contributed by atoms with Crippen LogP contribution in [0.5, 0.6) is 5.75 Å². The molecule has 3 rings (SSSR count). The van der Waals surface area contributed by atoms with Crippen molar-refractivity contribution in [2.45, 2.75) is 6.42 Å². The zero-order valence-corrected chi connectivity index (χ0v) is 14.0. The minimum Gasteiger partial charge on any atom is -0.488 e. The van der Waals surface area contributed by atoms with Crippen LogP contribution in [0.2, 0.25) is 0 Å². The molecule has 0 fully saturated rings. The van der Waals surface area contributed by atoms with Crippen LogP contribution in [-0.4, -0.2) is 19.7 Å². The summed E-state index contributed by atoms with van der Waals surface area (Å²) in [4.78, 5) is 11.9. The quantitative estimate of drug-likeness (QED) is 0.765. The summed E-state index contributed by atoms with van der Waals surface area (Å²) < 4.78 is 10.7. The lowest BCUT2D eigenvalue weighted by Gasteiger charge is -2.12. The highest BCUT2D eigenvalue weighted by Crippen LogP contribution is 2.34. The summed E-state index contributed by atoms with van der Waals surface area (Å²) >= 11 is 5.91. The molecule has 1 aliphatic heterocycles. The van der Waals surface area contributed by atoms with Crippen molar-refractivity contribution < 1.29 is 14.3 Å². The highest BCUT2D eigenvalue weighted by Gasteiger charge is 2.18. The van der Waals surface area contributed by atoms with Crippen LogP contribution in [-0.2, 0) is 11.2 Å². The van der Waals surface area contributed by atoms with Gasteiger partial charge in [-0.1, -0.05) is 48.0 Å². The van der Waals surface area contributed by atoms with Gasteiger partial charge in [-0.05, 0) is 35.8 Å². The van der Waals surface area contributed by atoms with Gasteiger partial charge in [0.05, 0.1) is 12.7 Å². The first kappa shape index (κ1) is 16.3. The van der Waals surface area contributed by atoms with Gasteiger partial charge in [-0.15, -0.1) is 0 Å². The minimum atomic E-state index is -0.366.